The first-order valence-corrected chi connectivity index (χ1v) is 7.53. The van der Waals surface area contributed by atoms with Crippen molar-refractivity contribution in [3.8, 4) is 5.75 Å². The summed E-state index contributed by atoms with van der Waals surface area (Å²) < 4.78 is 18.4. The molecule has 2 aromatic carbocycles. The summed E-state index contributed by atoms with van der Waals surface area (Å²) in [7, 11) is 3.38. The van der Waals surface area contributed by atoms with Gasteiger partial charge < -0.3 is 15.4 Å². The fraction of sp³-hybridized carbons (Fsp3) is 0.278. The summed E-state index contributed by atoms with van der Waals surface area (Å²) in [6.45, 7) is 1.27. The number of hydrogen-bond donors (Lipinski definition) is 2. The number of benzene rings is 2. The van der Waals surface area contributed by atoms with Crippen molar-refractivity contribution in [3.05, 3.63) is 65.5 Å². The van der Waals surface area contributed by atoms with Gasteiger partial charge in [0.15, 0.2) is 5.96 Å². The van der Waals surface area contributed by atoms with Crippen LogP contribution in [-0.2, 0) is 13.0 Å². The molecule has 2 N–H and O–H groups in total. The van der Waals surface area contributed by atoms with E-state index in [1.165, 1.54) is 17.7 Å². The Bertz CT molecular complexity index is 658. The Balaban J connectivity index is 1.78. The minimum atomic E-state index is -0.231. The average molecular weight is 315 g/mol. The van der Waals surface area contributed by atoms with Crippen LogP contribution < -0.4 is 15.4 Å². The predicted octanol–water partition coefficient (Wildman–Crippen LogP) is 2.74. The SMILES string of the molecule is CN=C(NCCc1cccc(OC)c1)NCc1cccc(F)c1. The van der Waals surface area contributed by atoms with E-state index >= 15 is 0 Å². The van der Waals surface area contributed by atoms with Crippen LogP contribution >= 0.6 is 0 Å². The second kappa shape index (κ2) is 8.78. The van der Waals surface area contributed by atoms with Gasteiger partial charge in [-0.3, -0.25) is 4.99 Å². The van der Waals surface area contributed by atoms with Crippen molar-refractivity contribution >= 4 is 5.96 Å². The lowest BCUT2D eigenvalue weighted by Crippen LogP contribution is -2.37. The lowest BCUT2D eigenvalue weighted by Gasteiger charge is -2.12. The van der Waals surface area contributed by atoms with Gasteiger partial charge in [0.25, 0.3) is 0 Å². The van der Waals surface area contributed by atoms with Gasteiger partial charge in [0.1, 0.15) is 11.6 Å². The summed E-state index contributed by atoms with van der Waals surface area (Å²) in [6.07, 6.45) is 0.859. The monoisotopic (exact) mass is 315 g/mol. The molecule has 0 aliphatic carbocycles. The van der Waals surface area contributed by atoms with E-state index in [9.17, 15) is 4.39 Å². The molecule has 2 rings (SSSR count). The van der Waals surface area contributed by atoms with Crippen LogP contribution in [0.4, 0.5) is 4.39 Å². The maximum atomic E-state index is 13.1. The molecular formula is C18H22FN3O. The molecular weight excluding hydrogens is 293 g/mol. The van der Waals surface area contributed by atoms with Gasteiger partial charge in [0, 0.05) is 20.1 Å². The summed E-state index contributed by atoms with van der Waals surface area (Å²) in [5.74, 6) is 1.32. The van der Waals surface area contributed by atoms with Crippen molar-refractivity contribution in [2.45, 2.75) is 13.0 Å². The van der Waals surface area contributed by atoms with Gasteiger partial charge in [0.05, 0.1) is 7.11 Å². The standard InChI is InChI=1S/C18H22FN3O/c1-20-18(22-13-15-6-3-7-16(19)11-15)21-10-9-14-5-4-8-17(12-14)23-2/h3-8,11-12H,9-10,13H2,1-2H3,(H2,20,21,22). The van der Waals surface area contributed by atoms with E-state index in [0.29, 0.717) is 12.5 Å². The lowest BCUT2D eigenvalue weighted by atomic mass is 10.1. The molecule has 0 unspecified atom stereocenters. The zero-order chi connectivity index (χ0) is 16.5. The van der Waals surface area contributed by atoms with Crippen LogP contribution in [0.25, 0.3) is 0 Å². The molecule has 0 amide bonds. The van der Waals surface area contributed by atoms with Crippen LogP contribution in [0.2, 0.25) is 0 Å². The number of rotatable bonds is 6. The van der Waals surface area contributed by atoms with Crippen molar-refractivity contribution in [3.63, 3.8) is 0 Å². The normalized spacial score (nSPS) is 11.2. The van der Waals surface area contributed by atoms with Gasteiger partial charge in [-0.25, -0.2) is 4.39 Å². The number of nitrogens with one attached hydrogen (secondary N) is 2. The minimum absolute atomic E-state index is 0.231. The van der Waals surface area contributed by atoms with Gasteiger partial charge in [0.2, 0.25) is 0 Å². The van der Waals surface area contributed by atoms with Gasteiger partial charge in [-0.15, -0.1) is 0 Å². The molecule has 0 saturated carbocycles. The number of guanidine groups is 1. The fourth-order valence-electron chi connectivity index (χ4n) is 2.21. The maximum absolute atomic E-state index is 13.1. The Morgan fingerprint density at radius 1 is 1.09 bits per heavy atom. The molecule has 5 heteroatoms. The van der Waals surface area contributed by atoms with Gasteiger partial charge in [-0.2, -0.15) is 0 Å². The third-order valence-corrected chi connectivity index (χ3v) is 3.41. The van der Waals surface area contributed by atoms with Crippen molar-refractivity contribution in [2.24, 2.45) is 4.99 Å². The zero-order valence-electron chi connectivity index (χ0n) is 13.5. The lowest BCUT2D eigenvalue weighted by molar-refractivity contribution is 0.414. The van der Waals surface area contributed by atoms with Gasteiger partial charge >= 0.3 is 0 Å². The molecule has 122 valence electrons. The quantitative estimate of drug-likeness (QED) is 0.636. The van der Waals surface area contributed by atoms with Crippen molar-refractivity contribution < 1.29 is 9.13 Å². The number of ether oxygens (including phenoxy) is 1. The van der Waals surface area contributed by atoms with Gasteiger partial charge in [-0.1, -0.05) is 24.3 Å². The van der Waals surface area contributed by atoms with Gasteiger partial charge in [-0.05, 0) is 41.8 Å². The second-order valence-corrected chi connectivity index (χ2v) is 5.08. The molecule has 0 aliphatic heterocycles. The Labute approximate surface area is 136 Å². The third kappa shape index (κ3) is 5.62. The molecule has 0 aromatic heterocycles. The summed E-state index contributed by atoms with van der Waals surface area (Å²) in [5, 5.41) is 6.41. The number of halogens is 1. The molecule has 0 saturated heterocycles. The fourth-order valence-corrected chi connectivity index (χ4v) is 2.21. The highest BCUT2D eigenvalue weighted by molar-refractivity contribution is 5.79. The predicted molar refractivity (Wildman–Crippen MR) is 91.3 cm³/mol. The number of methoxy groups -OCH3 is 1. The Kier molecular flexibility index (Phi) is 6.41. The first kappa shape index (κ1) is 16.8. The third-order valence-electron chi connectivity index (χ3n) is 3.41. The molecule has 23 heavy (non-hydrogen) atoms. The first-order chi connectivity index (χ1) is 11.2. The summed E-state index contributed by atoms with van der Waals surface area (Å²) in [6, 6.07) is 14.5. The van der Waals surface area contributed by atoms with E-state index in [2.05, 4.69) is 21.7 Å². The zero-order valence-corrected chi connectivity index (χ0v) is 13.5. The van der Waals surface area contributed by atoms with Crippen LogP contribution in [0.1, 0.15) is 11.1 Å². The van der Waals surface area contributed by atoms with Crippen molar-refractivity contribution in [2.75, 3.05) is 20.7 Å². The van der Waals surface area contributed by atoms with E-state index in [0.717, 1.165) is 24.3 Å². The van der Waals surface area contributed by atoms with E-state index in [4.69, 9.17) is 4.74 Å². The summed E-state index contributed by atoms with van der Waals surface area (Å²) in [5.41, 5.74) is 2.07. The number of aliphatic imine (C=N–C) groups is 1. The molecule has 0 radical (unpaired) electrons. The average Bonchev–Trinajstić information content (AvgIpc) is 2.58. The van der Waals surface area contributed by atoms with E-state index < -0.39 is 0 Å². The molecule has 0 spiro atoms. The Morgan fingerprint density at radius 2 is 1.87 bits per heavy atom. The maximum Gasteiger partial charge on any atom is 0.191 e. The van der Waals surface area contributed by atoms with Crippen LogP contribution in [0.5, 0.6) is 5.75 Å². The molecule has 0 heterocycles. The van der Waals surface area contributed by atoms with E-state index in [-0.39, 0.29) is 5.82 Å². The first-order valence-electron chi connectivity index (χ1n) is 7.53. The highest BCUT2D eigenvalue weighted by Gasteiger charge is 2.00. The van der Waals surface area contributed by atoms with Crippen LogP contribution in [0.3, 0.4) is 0 Å². The number of nitrogens with zero attached hydrogens (tertiary/aromatic N) is 1. The van der Waals surface area contributed by atoms with Crippen molar-refractivity contribution in [1.29, 1.82) is 0 Å². The highest BCUT2D eigenvalue weighted by Crippen LogP contribution is 2.12. The topological polar surface area (TPSA) is 45.7 Å². The number of hydrogen-bond acceptors (Lipinski definition) is 2. The molecule has 4 nitrogen and oxygen atoms in total. The van der Waals surface area contributed by atoms with Crippen molar-refractivity contribution in [1.82, 2.24) is 10.6 Å². The minimum Gasteiger partial charge on any atom is -0.497 e. The Hall–Kier alpha value is -2.56. The van der Waals surface area contributed by atoms with Crippen LogP contribution in [-0.4, -0.2) is 26.7 Å². The smallest absolute Gasteiger partial charge is 0.191 e. The van der Waals surface area contributed by atoms with E-state index in [1.54, 1.807) is 20.2 Å². The molecule has 2 aromatic rings. The Morgan fingerprint density at radius 3 is 2.61 bits per heavy atom. The highest BCUT2D eigenvalue weighted by atomic mass is 19.1. The molecule has 0 atom stereocenters. The molecule has 0 fully saturated rings. The van der Waals surface area contributed by atoms with Crippen LogP contribution in [0, 0.1) is 5.82 Å². The molecule has 0 aliphatic rings. The largest absolute Gasteiger partial charge is 0.497 e. The second-order valence-electron chi connectivity index (χ2n) is 5.08. The summed E-state index contributed by atoms with van der Waals surface area (Å²) >= 11 is 0. The van der Waals surface area contributed by atoms with E-state index in [1.807, 2.05) is 24.3 Å². The van der Waals surface area contributed by atoms with Crippen LogP contribution in [0.15, 0.2) is 53.5 Å². The molecule has 0 bridgehead atoms. The summed E-state index contributed by atoms with van der Waals surface area (Å²) in [4.78, 5) is 4.17.